The Bertz CT molecular complexity index is 817. The highest BCUT2D eigenvalue weighted by Gasteiger charge is 2.13. The van der Waals surface area contributed by atoms with Crippen molar-refractivity contribution in [1.82, 2.24) is 4.90 Å². The molecule has 0 aromatic heterocycles. The number of carbonyl (C=O) groups is 2. The minimum Gasteiger partial charge on any atom is -0.324 e. The first-order chi connectivity index (χ1) is 12.0. The van der Waals surface area contributed by atoms with Crippen LogP contribution in [0.3, 0.4) is 0 Å². The molecule has 25 heavy (non-hydrogen) atoms. The third kappa shape index (κ3) is 5.71. The Labute approximate surface area is 154 Å². The van der Waals surface area contributed by atoms with Gasteiger partial charge in [-0.05, 0) is 47.2 Å². The molecule has 0 aliphatic carbocycles. The molecule has 2 N–H and O–H groups in total. The molecule has 2 aromatic rings. The molecule has 0 heterocycles. The standard InChI is InChI=1S/C18H17BrN4O2/c1-23(12-18(25)22-16-9-5-3-7-14(16)19)11-17(24)21-15-8-4-2-6-13(15)10-20/h2-9H,11-12H2,1H3,(H,21,24)(H,22,25). The van der Waals surface area contributed by atoms with Crippen LogP contribution in [0.2, 0.25) is 0 Å². The molecule has 0 bridgehead atoms. The molecule has 7 heteroatoms. The fourth-order valence-corrected chi connectivity index (χ4v) is 2.56. The molecule has 0 aliphatic heterocycles. The normalized spacial score (nSPS) is 10.2. The summed E-state index contributed by atoms with van der Waals surface area (Å²) in [5.41, 5.74) is 1.53. The van der Waals surface area contributed by atoms with Gasteiger partial charge in [-0.1, -0.05) is 24.3 Å². The fraction of sp³-hybridized carbons (Fsp3) is 0.167. The zero-order valence-electron chi connectivity index (χ0n) is 13.6. The van der Waals surface area contributed by atoms with E-state index in [-0.39, 0.29) is 24.9 Å². The number of para-hydroxylation sites is 2. The zero-order chi connectivity index (χ0) is 18.2. The number of likely N-dealkylation sites (N-methyl/N-ethyl adjacent to an activating group) is 1. The lowest BCUT2D eigenvalue weighted by molar-refractivity contribution is -0.119. The summed E-state index contributed by atoms with van der Waals surface area (Å²) in [6.07, 6.45) is 0. The Morgan fingerprint density at radius 1 is 1.00 bits per heavy atom. The number of amides is 2. The van der Waals surface area contributed by atoms with Crippen LogP contribution < -0.4 is 10.6 Å². The highest BCUT2D eigenvalue weighted by molar-refractivity contribution is 9.10. The molecule has 0 atom stereocenters. The number of hydrogen-bond donors (Lipinski definition) is 2. The van der Waals surface area contributed by atoms with Crippen molar-refractivity contribution in [3.05, 3.63) is 58.6 Å². The number of rotatable bonds is 6. The van der Waals surface area contributed by atoms with E-state index >= 15 is 0 Å². The molecule has 0 spiro atoms. The Morgan fingerprint density at radius 3 is 2.12 bits per heavy atom. The molecule has 6 nitrogen and oxygen atoms in total. The molecule has 0 fully saturated rings. The summed E-state index contributed by atoms with van der Waals surface area (Å²) in [6, 6.07) is 16.1. The van der Waals surface area contributed by atoms with Gasteiger partial charge in [0, 0.05) is 4.47 Å². The van der Waals surface area contributed by atoms with Crippen LogP contribution in [0, 0.1) is 11.3 Å². The number of anilines is 2. The third-order valence-electron chi connectivity index (χ3n) is 3.30. The van der Waals surface area contributed by atoms with Gasteiger partial charge in [0.15, 0.2) is 0 Å². The van der Waals surface area contributed by atoms with E-state index < -0.39 is 0 Å². The van der Waals surface area contributed by atoms with Crippen molar-refractivity contribution >= 4 is 39.1 Å². The van der Waals surface area contributed by atoms with Gasteiger partial charge in [0.1, 0.15) is 6.07 Å². The lowest BCUT2D eigenvalue weighted by Gasteiger charge is -2.16. The number of hydrogen-bond acceptors (Lipinski definition) is 4. The molecule has 128 valence electrons. The maximum atomic E-state index is 12.1. The van der Waals surface area contributed by atoms with Crippen molar-refractivity contribution in [3.63, 3.8) is 0 Å². The van der Waals surface area contributed by atoms with Crippen molar-refractivity contribution in [1.29, 1.82) is 5.26 Å². The lowest BCUT2D eigenvalue weighted by Crippen LogP contribution is -2.36. The Hall–Kier alpha value is -2.69. The van der Waals surface area contributed by atoms with Crippen LogP contribution >= 0.6 is 15.9 Å². The van der Waals surface area contributed by atoms with Crippen LogP contribution in [-0.4, -0.2) is 36.9 Å². The molecule has 2 amide bonds. The van der Waals surface area contributed by atoms with E-state index in [1.807, 2.05) is 24.3 Å². The fourth-order valence-electron chi connectivity index (χ4n) is 2.18. The summed E-state index contributed by atoms with van der Waals surface area (Å²) in [4.78, 5) is 25.7. The molecule has 2 rings (SSSR count). The van der Waals surface area contributed by atoms with Gasteiger partial charge in [-0.15, -0.1) is 0 Å². The van der Waals surface area contributed by atoms with Crippen molar-refractivity contribution < 1.29 is 9.59 Å². The zero-order valence-corrected chi connectivity index (χ0v) is 15.2. The minimum absolute atomic E-state index is 0.0309. The van der Waals surface area contributed by atoms with Crippen LogP contribution in [0.4, 0.5) is 11.4 Å². The largest absolute Gasteiger partial charge is 0.324 e. The second-order valence-electron chi connectivity index (χ2n) is 5.41. The third-order valence-corrected chi connectivity index (χ3v) is 3.99. The number of nitriles is 1. The number of nitrogens with one attached hydrogen (secondary N) is 2. The van der Waals surface area contributed by atoms with E-state index in [0.29, 0.717) is 16.9 Å². The van der Waals surface area contributed by atoms with Crippen molar-refractivity contribution in [2.75, 3.05) is 30.8 Å². The summed E-state index contributed by atoms with van der Waals surface area (Å²) >= 11 is 3.36. The lowest BCUT2D eigenvalue weighted by atomic mass is 10.2. The molecule has 0 saturated carbocycles. The number of nitrogens with zero attached hydrogens (tertiary/aromatic N) is 2. The van der Waals surface area contributed by atoms with Crippen LogP contribution in [0.15, 0.2) is 53.0 Å². The van der Waals surface area contributed by atoms with Crippen molar-refractivity contribution in [2.45, 2.75) is 0 Å². The highest BCUT2D eigenvalue weighted by atomic mass is 79.9. The van der Waals surface area contributed by atoms with E-state index in [9.17, 15) is 9.59 Å². The van der Waals surface area contributed by atoms with Crippen LogP contribution in [0.5, 0.6) is 0 Å². The van der Waals surface area contributed by atoms with Crippen LogP contribution in [0.1, 0.15) is 5.56 Å². The van der Waals surface area contributed by atoms with Gasteiger partial charge in [0.2, 0.25) is 11.8 Å². The van der Waals surface area contributed by atoms with Crippen molar-refractivity contribution in [3.8, 4) is 6.07 Å². The molecule has 0 unspecified atom stereocenters. The second-order valence-corrected chi connectivity index (χ2v) is 6.26. The van der Waals surface area contributed by atoms with Gasteiger partial charge in [-0.3, -0.25) is 14.5 Å². The maximum Gasteiger partial charge on any atom is 0.238 e. The quantitative estimate of drug-likeness (QED) is 0.780. The van der Waals surface area contributed by atoms with Gasteiger partial charge in [-0.25, -0.2) is 0 Å². The minimum atomic E-state index is -0.293. The summed E-state index contributed by atoms with van der Waals surface area (Å²) in [7, 11) is 1.68. The maximum absolute atomic E-state index is 12.1. The number of benzene rings is 2. The number of halogens is 1. The summed E-state index contributed by atoms with van der Waals surface area (Å²) in [5.74, 6) is -0.515. The van der Waals surface area contributed by atoms with Crippen LogP contribution in [0.25, 0.3) is 0 Å². The molecule has 0 saturated heterocycles. The van der Waals surface area contributed by atoms with E-state index in [0.717, 1.165) is 4.47 Å². The second kappa shape index (κ2) is 8.97. The first-order valence-corrected chi connectivity index (χ1v) is 8.31. The summed E-state index contributed by atoms with van der Waals surface area (Å²) < 4.78 is 0.789. The predicted octanol–water partition coefficient (Wildman–Crippen LogP) is 2.83. The van der Waals surface area contributed by atoms with E-state index in [1.165, 1.54) is 0 Å². The predicted molar refractivity (Wildman–Crippen MR) is 100 cm³/mol. The van der Waals surface area contributed by atoms with E-state index in [2.05, 4.69) is 26.6 Å². The van der Waals surface area contributed by atoms with Gasteiger partial charge in [-0.2, -0.15) is 5.26 Å². The van der Waals surface area contributed by atoms with Gasteiger partial charge in [0.25, 0.3) is 0 Å². The Morgan fingerprint density at radius 2 is 1.52 bits per heavy atom. The van der Waals surface area contributed by atoms with Gasteiger partial charge >= 0.3 is 0 Å². The number of carbonyl (C=O) groups excluding carboxylic acids is 2. The molecule has 2 aromatic carbocycles. The first kappa shape index (κ1) is 18.6. The average Bonchev–Trinajstić information content (AvgIpc) is 2.57. The van der Waals surface area contributed by atoms with Gasteiger partial charge < -0.3 is 10.6 Å². The van der Waals surface area contributed by atoms with E-state index in [1.54, 1.807) is 42.3 Å². The van der Waals surface area contributed by atoms with Gasteiger partial charge in [0.05, 0.1) is 30.0 Å². The molecular weight excluding hydrogens is 384 g/mol. The SMILES string of the molecule is CN(CC(=O)Nc1ccccc1Br)CC(=O)Nc1ccccc1C#N. The summed E-state index contributed by atoms with van der Waals surface area (Å²) in [5, 5.41) is 14.5. The van der Waals surface area contributed by atoms with Crippen molar-refractivity contribution in [2.24, 2.45) is 0 Å². The molecular formula is C18H17BrN4O2. The smallest absolute Gasteiger partial charge is 0.238 e. The average molecular weight is 401 g/mol. The highest BCUT2D eigenvalue weighted by Crippen LogP contribution is 2.21. The first-order valence-electron chi connectivity index (χ1n) is 7.51. The topological polar surface area (TPSA) is 85.2 Å². The molecule has 0 aliphatic rings. The Balaban J connectivity index is 1.86. The summed E-state index contributed by atoms with van der Waals surface area (Å²) in [6.45, 7) is 0.0950. The monoisotopic (exact) mass is 400 g/mol. The van der Waals surface area contributed by atoms with Crippen LogP contribution in [-0.2, 0) is 9.59 Å². The molecule has 0 radical (unpaired) electrons. The Kier molecular flexibility index (Phi) is 6.69. The van der Waals surface area contributed by atoms with E-state index in [4.69, 9.17) is 5.26 Å².